The van der Waals surface area contributed by atoms with Gasteiger partial charge in [0.1, 0.15) is 0 Å². The number of fused-ring (bicyclic) bond motifs is 8. The molecule has 0 radical (unpaired) electrons. The third kappa shape index (κ3) is 4.06. The third-order valence-electron chi connectivity index (χ3n) is 9.56. The molecule has 8 aromatic carbocycles. The maximum absolute atomic E-state index is 8.96. The van der Waals surface area contributed by atoms with E-state index < -0.39 is 0 Å². The van der Waals surface area contributed by atoms with Crippen molar-refractivity contribution in [2.24, 2.45) is 0 Å². The molecular weight excluding hydrogens is 581 g/mol. The molecule has 0 fully saturated rings. The summed E-state index contributed by atoms with van der Waals surface area (Å²) in [6, 6.07) is 53.6. The average Bonchev–Trinajstić information content (AvgIpc) is 3.69. The van der Waals surface area contributed by atoms with Crippen molar-refractivity contribution >= 4 is 54.4 Å². The number of hydrogen-bond donors (Lipinski definition) is 0. The second-order valence-electron chi connectivity index (χ2n) is 12.3. The van der Waals surface area contributed by atoms with Gasteiger partial charge in [-0.15, -0.1) is 0 Å². The van der Waals surface area contributed by atoms with Crippen LogP contribution in [0, 0.1) is 0 Å². The second kappa shape index (κ2) is 10.6. The highest BCUT2D eigenvalue weighted by molar-refractivity contribution is 6.25. The van der Waals surface area contributed by atoms with Gasteiger partial charge in [0.2, 0.25) is 0 Å². The molecule has 0 aliphatic heterocycles. The van der Waals surface area contributed by atoms with Crippen molar-refractivity contribution in [2.75, 3.05) is 0 Å². The molecule has 2 heterocycles. The van der Waals surface area contributed by atoms with Crippen molar-refractivity contribution in [3.63, 3.8) is 0 Å². The fourth-order valence-electron chi connectivity index (χ4n) is 7.37. The van der Waals surface area contributed by atoms with Gasteiger partial charge in [-0.1, -0.05) is 133 Å². The minimum atomic E-state index is -0.0490. The molecule has 2 aromatic heterocycles. The number of rotatable bonds is 4. The number of nitrogens with zero attached hydrogens (tertiary/aromatic N) is 2. The summed E-state index contributed by atoms with van der Waals surface area (Å²) in [5, 5.41) is 7.11. The Bertz CT molecular complexity index is 3000. The van der Waals surface area contributed by atoms with Crippen LogP contribution in [0.4, 0.5) is 0 Å². The first kappa shape index (κ1) is 23.0. The molecule has 224 valence electrons. The molecule has 0 unspecified atom stereocenters. The Labute approximate surface area is 284 Å². The molecule has 0 N–H and O–H groups in total. The maximum atomic E-state index is 8.96. The Morgan fingerprint density at radius 1 is 0.333 bits per heavy atom. The van der Waals surface area contributed by atoms with Crippen molar-refractivity contribution in [2.45, 2.75) is 0 Å². The van der Waals surface area contributed by atoms with E-state index in [1.807, 2.05) is 60.7 Å². The number of para-hydroxylation sites is 2. The van der Waals surface area contributed by atoms with Crippen LogP contribution in [0.2, 0.25) is 0 Å². The van der Waals surface area contributed by atoms with Crippen LogP contribution in [0.3, 0.4) is 0 Å². The van der Waals surface area contributed by atoms with E-state index in [-0.39, 0.29) is 24.2 Å². The second-order valence-corrected chi connectivity index (χ2v) is 12.3. The zero-order chi connectivity index (χ0) is 35.1. The molecule has 0 bridgehead atoms. The molecule has 10 aromatic rings. The van der Waals surface area contributed by atoms with Crippen LogP contribution in [0.5, 0.6) is 0 Å². The van der Waals surface area contributed by atoms with Crippen LogP contribution < -0.4 is 0 Å². The highest BCUT2D eigenvalue weighted by Gasteiger charge is 2.19. The van der Waals surface area contributed by atoms with E-state index in [1.54, 1.807) is 0 Å². The summed E-state index contributed by atoms with van der Waals surface area (Å²) in [4.78, 5) is 0. The van der Waals surface area contributed by atoms with Gasteiger partial charge < -0.3 is 9.13 Å². The smallest absolute Gasteiger partial charge is 0.0629 e. The summed E-state index contributed by atoms with van der Waals surface area (Å²) in [5.74, 6) is 0. The average molecular weight is 615 g/mol. The zero-order valence-corrected chi connectivity index (χ0v) is 25.9. The summed E-state index contributed by atoms with van der Waals surface area (Å²) in [6.07, 6.45) is 0. The summed E-state index contributed by atoms with van der Waals surface area (Å²) in [5.41, 5.74) is 8.38. The van der Waals surface area contributed by atoms with Gasteiger partial charge in [0.25, 0.3) is 0 Å². The lowest BCUT2D eigenvalue weighted by Crippen LogP contribution is -1.96. The molecule has 2 heteroatoms. The molecule has 2 nitrogen and oxygen atoms in total. The molecule has 0 aliphatic carbocycles. The number of benzene rings is 8. The Morgan fingerprint density at radius 3 is 1.65 bits per heavy atom. The lowest BCUT2D eigenvalue weighted by molar-refractivity contribution is 1.16. The van der Waals surface area contributed by atoms with E-state index in [1.165, 1.54) is 26.9 Å². The van der Waals surface area contributed by atoms with Crippen LogP contribution in [0.15, 0.2) is 182 Å². The molecule has 48 heavy (non-hydrogen) atoms. The normalized spacial score (nSPS) is 12.9. The molecule has 0 amide bonds. The number of aromatic nitrogens is 2. The van der Waals surface area contributed by atoms with Crippen molar-refractivity contribution in [3.8, 4) is 33.6 Å². The Hall–Kier alpha value is -6.38. The lowest BCUT2D eigenvalue weighted by Gasteiger charge is -2.11. The molecule has 0 saturated carbocycles. The van der Waals surface area contributed by atoms with Crippen molar-refractivity contribution < 1.29 is 5.48 Å². The van der Waals surface area contributed by atoms with E-state index >= 15 is 0 Å². The van der Waals surface area contributed by atoms with Crippen molar-refractivity contribution in [1.29, 1.82) is 0 Å². The van der Waals surface area contributed by atoms with E-state index in [0.717, 1.165) is 38.8 Å². The largest absolute Gasteiger partial charge is 0.309 e. The summed E-state index contributed by atoms with van der Waals surface area (Å²) < 4.78 is 40.3. The molecule has 0 aliphatic rings. The molecule has 0 atom stereocenters. The monoisotopic (exact) mass is 614 g/mol. The minimum absolute atomic E-state index is 0.0432. The standard InChI is InChI=1S/C46H30N2/c1-3-11-31(12-4-1)32-19-21-33(22-20-32)34-23-26-37(27-24-34)48-43-28-25-35-13-7-8-16-38(35)46(43)41-29-40-39-17-9-10-18-42(39)47(44(40)30-45(41)48)36-14-5-2-6-15-36/h1-30H/i19D,20D,21D,22D. The van der Waals surface area contributed by atoms with E-state index in [4.69, 9.17) is 5.48 Å². The van der Waals surface area contributed by atoms with E-state index in [0.29, 0.717) is 22.3 Å². The van der Waals surface area contributed by atoms with Crippen LogP contribution in [-0.2, 0) is 0 Å². The topological polar surface area (TPSA) is 9.86 Å². The van der Waals surface area contributed by atoms with Crippen LogP contribution in [0.1, 0.15) is 5.48 Å². The maximum Gasteiger partial charge on any atom is 0.0629 e. The van der Waals surface area contributed by atoms with Gasteiger partial charge in [0.15, 0.2) is 0 Å². The first-order chi connectivity index (χ1) is 25.5. The molecule has 10 rings (SSSR count). The first-order valence-electron chi connectivity index (χ1n) is 18.2. The third-order valence-corrected chi connectivity index (χ3v) is 9.56. The number of hydrogen-bond acceptors (Lipinski definition) is 0. The van der Waals surface area contributed by atoms with Gasteiger partial charge in [0.05, 0.1) is 27.5 Å². The SMILES string of the molecule is [2H]c1c([2H])c(-c2ccc(-n3c4cc5c(cc4c4c6ccccc6ccc43)c3ccccc3n5-c3ccccc3)cc2)c([2H])c([2H])c1-c1ccccc1. The molecule has 0 spiro atoms. The fourth-order valence-corrected chi connectivity index (χ4v) is 7.37. The van der Waals surface area contributed by atoms with Gasteiger partial charge in [-0.3, -0.25) is 0 Å². The summed E-state index contributed by atoms with van der Waals surface area (Å²) >= 11 is 0. The minimum Gasteiger partial charge on any atom is -0.309 e. The van der Waals surface area contributed by atoms with E-state index in [2.05, 4.69) is 106 Å². The zero-order valence-electron chi connectivity index (χ0n) is 29.9. The van der Waals surface area contributed by atoms with Crippen molar-refractivity contribution in [1.82, 2.24) is 9.13 Å². The predicted octanol–water partition coefficient (Wildman–Crippen LogP) is 12.4. The Balaban J connectivity index is 1.23. The summed E-state index contributed by atoms with van der Waals surface area (Å²) in [6.45, 7) is 0. The van der Waals surface area contributed by atoms with Crippen LogP contribution in [0.25, 0.3) is 88.0 Å². The van der Waals surface area contributed by atoms with Crippen LogP contribution >= 0.6 is 0 Å². The van der Waals surface area contributed by atoms with Gasteiger partial charge in [-0.25, -0.2) is 0 Å². The molecular formula is C46H30N2. The van der Waals surface area contributed by atoms with Gasteiger partial charge in [-0.2, -0.15) is 0 Å². The lowest BCUT2D eigenvalue weighted by atomic mass is 10.0. The van der Waals surface area contributed by atoms with Gasteiger partial charge in [-0.05, 0) is 81.6 Å². The highest BCUT2D eigenvalue weighted by atomic mass is 15.0. The quantitative estimate of drug-likeness (QED) is 0.187. The van der Waals surface area contributed by atoms with Crippen LogP contribution in [-0.4, -0.2) is 9.13 Å². The van der Waals surface area contributed by atoms with E-state index in [9.17, 15) is 0 Å². The Morgan fingerprint density at radius 2 is 0.896 bits per heavy atom. The van der Waals surface area contributed by atoms with Crippen molar-refractivity contribution in [3.05, 3.63) is 182 Å². The van der Waals surface area contributed by atoms with Gasteiger partial charge in [0, 0.05) is 32.9 Å². The molecule has 0 saturated heterocycles. The highest BCUT2D eigenvalue weighted by Crippen LogP contribution is 2.42. The summed E-state index contributed by atoms with van der Waals surface area (Å²) in [7, 11) is 0. The fraction of sp³-hybridized carbons (Fsp3) is 0. The predicted molar refractivity (Wildman–Crippen MR) is 203 cm³/mol. The van der Waals surface area contributed by atoms with Gasteiger partial charge >= 0.3 is 0 Å². The first-order valence-corrected chi connectivity index (χ1v) is 16.2. The Kier molecular flexibility index (Phi) is 5.08.